The summed E-state index contributed by atoms with van der Waals surface area (Å²) in [5.41, 5.74) is 0.218. The Kier molecular flexibility index (Phi) is 3.47. The van der Waals surface area contributed by atoms with E-state index in [-0.39, 0.29) is 11.0 Å². The summed E-state index contributed by atoms with van der Waals surface area (Å²) >= 11 is 3.01. The molecule has 1 aromatic carbocycles. The molecular formula is C12H10BrF3N2. The first-order chi connectivity index (χ1) is 8.45. The number of halogens is 4. The quantitative estimate of drug-likeness (QED) is 0.804. The molecule has 0 spiro atoms. The summed E-state index contributed by atoms with van der Waals surface area (Å²) in [6.07, 6.45) is -4.42. The maximum atomic E-state index is 12.9. The van der Waals surface area contributed by atoms with Gasteiger partial charge in [0.15, 0.2) is 5.69 Å². The van der Waals surface area contributed by atoms with Gasteiger partial charge in [-0.05, 0) is 22.9 Å². The molecule has 0 saturated carbocycles. The van der Waals surface area contributed by atoms with Gasteiger partial charge in [0, 0.05) is 12.1 Å². The van der Waals surface area contributed by atoms with Crippen LogP contribution in [0.5, 0.6) is 0 Å². The van der Waals surface area contributed by atoms with E-state index in [1.807, 2.05) is 0 Å². The van der Waals surface area contributed by atoms with E-state index in [0.29, 0.717) is 11.3 Å². The Labute approximate surface area is 111 Å². The number of aryl methyl sites for hydroxylation is 1. The molecule has 0 aliphatic carbocycles. The highest BCUT2D eigenvalue weighted by molar-refractivity contribution is 9.10. The average molecular weight is 319 g/mol. The number of alkyl halides is 3. The van der Waals surface area contributed by atoms with Gasteiger partial charge in [0.1, 0.15) is 5.69 Å². The first-order valence-corrected chi connectivity index (χ1v) is 6.13. The predicted octanol–water partition coefficient (Wildman–Crippen LogP) is 4.35. The zero-order valence-corrected chi connectivity index (χ0v) is 11.1. The molecule has 2 rings (SSSR count). The second kappa shape index (κ2) is 4.76. The van der Waals surface area contributed by atoms with Gasteiger partial charge < -0.3 is 0 Å². The van der Waals surface area contributed by atoms with Crippen molar-refractivity contribution in [1.29, 1.82) is 0 Å². The molecule has 1 aromatic heterocycles. The van der Waals surface area contributed by atoms with E-state index >= 15 is 0 Å². The Morgan fingerprint density at radius 3 is 2.28 bits per heavy atom. The lowest BCUT2D eigenvalue weighted by molar-refractivity contribution is -0.144. The first-order valence-electron chi connectivity index (χ1n) is 5.34. The first kappa shape index (κ1) is 13.1. The van der Waals surface area contributed by atoms with Crippen LogP contribution < -0.4 is 0 Å². The van der Waals surface area contributed by atoms with E-state index in [0.717, 1.165) is 4.68 Å². The Morgan fingerprint density at radius 2 is 1.83 bits per heavy atom. The summed E-state index contributed by atoms with van der Waals surface area (Å²) in [5, 5.41) is 4.01. The summed E-state index contributed by atoms with van der Waals surface area (Å²) in [6, 6.07) is 8.79. The molecule has 2 nitrogen and oxygen atoms in total. The van der Waals surface area contributed by atoms with Crippen LogP contribution in [-0.2, 0) is 12.7 Å². The fourth-order valence-corrected chi connectivity index (χ4v) is 2.46. The maximum Gasteiger partial charge on any atom is 0.434 e. The predicted molar refractivity (Wildman–Crippen MR) is 66.0 cm³/mol. The van der Waals surface area contributed by atoms with Crippen molar-refractivity contribution in [3.63, 3.8) is 0 Å². The van der Waals surface area contributed by atoms with Crippen molar-refractivity contribution in [3.05, 3.63) is 40.5 Å². The van der Waals surface area contributed by atoms with Crippen molar-refractivity contribution >= 4 is 15.9 Å². The average Bonchev–Trinajstić information content (AvgIpc) is 2.67. The Bertz CT molecular complexity index is 546. The molecule has 0 aliphatic rings. The molecule has 1 heterocycles. The fourth-order valence-electron chi connectivity index (χ4n) is 1.72. The summed E-state index contributed by atoms with van der Waals surface area (Å²) in [6.45, 7) is 1.80. The molecule has 0 radical (unpaired) electrons. The summed E-state index contributed by atoms with van der Waals surface area (Å²) in [5.74, 6) is 0. The molecule has 2 aromatic rings. The van der Waals surface area contributed by atoms with Crippen LogP contribution in [-0.4, -0.2) is 9.78 Å². The molecule has 0 bridgehead atoms. The van der Waals surface area contributed by atoms with Crippen LogP contribution in [0, 0.1) is 0 Å². The number of benzene rings is 1. The third-order valence-corrected chi connectivity index (χ3v) is 3.26. The molecule has 96 valence electrons. The van der Waals surface area contributed by atoms with Crippen LogP contribution in [0.25, 0.3) is 11.3 Å². The van der Waals surface area contributed by atoms with Gasteiger partial charge in [-0.2, -0.15) is 18.3 Å². The third kappa shape index (κ3) is 2.29. The number of rotatable bonds is 2. The molecule has 18 heavy (non-hydrogen) atoms. The van der Waals surface area contributed by atoms with Gasteiger partial charge in [-0.3, -0.25) is 4.68 Å². The molecule has 0 saturated heterocycles. The fraction of sp³-hybridized carbons (Fsp3) is 0.250. The highest BCUT2D eigenvalue weighted by Gasteiger charge is 2.39. The molecular weight excluding hydrogens is 309 g/mol. The van der Waals surface area contributed by atoms with Crippen LogP contribution in [0.4, 0.5) is 13.2 Å². The van der Waals surface area contributed by atoms with Gasteiger partial charge in [-0.15, -0.1) is 0 Å². The van der Waals surface area contributed by atoms with Crippen LogP contribution in [0.1, 0.15) is 12.6 Å². The van der Waals surface area contributed by atoms with Crippen molar-refractivity contribution in [2.24, 2.45) is 0 Å². The van der Waals surface area contributed by atoms with Gasteiger partial charge >= 0.3 is 6.18 Å². The van der Waals surface area contributed by atoms with Crippen LogP contribution in [0.15, 0.2) is 34.8 Å². The van der Waals surface area contributed by atoms with Crippen LogP contribution in [0.3, 0.4) is 0 Å². The topological polar surface area (TPSA) is 17.8 Å². The number of aromatic nitrogens is 2. The maximum absolute atomic E-state index is 12.9. The smallest absolute Gasteiger partial charge is 0.259 e. The van der Waals surface area contributed by atoms with Crippen molar-refractivity contribution < 1.29 is 13.2 Å². The lowest BCUT2D eigenvalue weighted by Gasteiger charge is -2.08. The van der Waals surface area contributed by atoms with E-state index in [9.17, 15) is 13.2 Å². The Hall–Kier alpha value is -1.30. The van der Waals surface area contributed by atoms with Gasteiger partial charge in [0.25, 0.3) is 0 Å². The van der Waals surface area contributed by atoms with Crippen LogP contribution >= 0.6 is 15.9 Å². The summed E-state index contributed by atoms with van der Waals surface area (Å²) in [4.78, 5) is 0. The molecule has 0 N–H and O–H groups in total. The molecule has 0 unspecified atom stereocenters. The summed E-state index contributed by atoms with van der Waals surface area (Å²) in [7, 11) is 0. The van der Waals surface area contributed by atoms with Gasteiger partial charge in [0.2, 0.25) is 0 Å². The van der Waals surface area contributed by atoms with E-state index in [4.69, 9.17) is 0 Å². The van der Waals surface area contributed by atoms with Crippen molar-refractivity contribution in [3.8, 4) is 11.3 Å². The monoisotopic (exact) mass is 318 g/mol. The molecule has 0 fully saturated rings. The van der Waals surface area contributed by atoms with Crippen LogP contribution in [0.2, 0.25) is 0 Å². The minimum atomic E-state index is -4.42. The Morgan fingerprint density at radius 1 is 1.22 bits per heavy atom. The van der Waals surface area contributed by atoms with Gasteiger partial charge in [-0.25, -0.2) is 0 Å². The second-order valence-electron chi connectivity index (χ2n) is 3.69. The third-order valence-electron chi connectivity index (χ3n) is 2.51. The second-order valence-corrected chi connectivity index (χ2v) is 4.48. The zero-order chi connectivity index (χ0) is 13.3. The highest BCUT2D eigenvalue weighted by atomic mass is 79.9. The highest BCUT2D eigenvalue weighted by Crippen LogP contribution is 2.39. The molecule has 6 heteroatoms. The summed E-state index contributed by atoms with van der Waals surface area (Å²) < 4.78 is 39.8. The lowest BCUT2D eigenvalue weighted by Crippen LogP contribution is -2.14. The molecule has 0 amide bonds. The molecule has 0 aliphatic heterocycles. The van der Waals surface area contributed by atoms with E-state index in [1.54, 1.807) is 37.3 Å². The normalized spacial score (nSPS) is 11.8. The van der Waals surface area contributed by atoms with E-state index < -0.39 is 11.9 Å². The standard InChI is InChI=1S/C12H10BrF3N2/c1-2-18-11(12(14,15)16)9(13)10(17-18)8-6-4-3-5-7-8/h3-7H,2H2,1H3. The minimum absolute atomic E-state index is 0.0111. The van der Waals surface area contributed by atoms with E-state index in [1.165, 1.54) is 0 Å². The van der Waals surface area contributed by atoms with Gasteiger partial charge in [-0.1, -0.05) is 30.3 Å². The SMILES string of the molecule is CCn1nc(-c2ccccc2)c(Br)c1C(F)(F)F. The number of nitrogens with zero attached hydrogens (tertiary/aromatic N) is 2. The lowest BCUT2D eigenvalue weighted by atomic mass is 10.1. The zero-order valence-electron chi connectivity index (χ0n) is 9.50. The number of hydrogen-bond acceptors (Lipinski definition) is 1. The molecule has 0 atom stereocenters. The van der Waals surface area contributed by atoms with Crippen molar-refractivity contribution in [1.82, 2.24) is 9.78 Å². The van der Waals surface area contributed by atoms with Crippen molar-refractivity contribution in [2.45, 2.75) is 19.6 Å². The number of hydrogen-bond donors (Lipinski definition) is 0. The minimum Gasteiger partial charge on any atom is -0.259 e. The van der Waals surface area contributed by atoms with E-state index in [2.05, 4.69) is 21.0 Å². The van der Waals surface area contributed by atoms with Gasteiger partial charge in [0.05, 0.1) is 4.47 Å². The largest absolute Gasteiger partial charge is 0.434 e. The Balaban J connectivity index is 2.62. The van der Waals surface area contributed by atoms with Crippen molar-refractivity contribution in [2.75, 3.05) is 0 Å².